The number of rotatable bonds is 2. The van der Waals surface area contributed by atoms with Gasteiger partial charge in [0.1, 0.15) is 6.04 Å². The minimum atomic E-state index is -4.38. The first-order valence-corrected chi connectivity index (χ1v) is 6.86. The van der Waals surface area contributed by atoms with Gasteiger partial charge in [-0.3, -0.25) is 4.79 Å². The van der Waals surface area contributed by atoms with Crippen molar-refractivity contribution in [2.45, 2.75) is 25.6 Å². The first-order chi connectivity index (χ1) is 10.4. The second-order valence-electron chi connectivity index (χ2n) is 5.30. The van der Waals surface area contributed by atoms with Crippen molar-refractivity contribution in [2.75, 3.05) is 6.54 Å². The molecule has 4 nitrogen and oxygen atoms in total. The molecule has 1 aliphatic heterocycles. The third kappa shape index (κ3) is 2.47. The molecule has 1 aromatic carbocycles. The summed E-state index contributed by atoms with van der Waals surface area (Å²) < 4.78 is 39.7. The fourth-order valence-electron chi connectivity index (χ4n) is 2.52. The number of alkyl halides is 3. The summed E-state index contributed by atoms with van der Waals surface area (Å²) in [5, 5.41) is 4.08. The molecule has 22 heavy (non-hydrogen) atoms. The molecule has 1 aliphatic rings. The quantitative estimate of drug-likeness (QED) is 0.855. The van der Waals surface area contributed by atoms with E-state index in [-0.39, 0.29) is 18.5 Å². The molecule has 1 unspecified atom stereocenters. The molecule has 116 valence electrons. The topological polar surface area (TPSA) is 38.1 Å². The van der Waals surface area contributed by atoms with Crippen molar-refractivity contribution in [3.05, 3.63) is 47.8 Å². The van der Waals surface area contributed by atoms with Gasteiger partial charge in [0.05, 0.1) is 17.4 Å². The average Bonchev–Trinajstić information content (AvgIpc) is 2.85. The standard InChI is InChI=1S/C15H14F3N3O/c1-10-4-2-3-5-12(10)21-9-11(8-19-21)14(22)20-7-6-13(20)15(16,17)18/h2-5,8-9,13H,6-7H2,1H3. The molecule has 3 rings (SSSR count). The van der Waals surface area contributed by atoms with Crippen LogP contribution in [0.2, 0.25) is 0 Å². The smallest absolute Gasteiger partial charge is 0.326 e. The molecule has 2 aromatic rings. The van der Waals surface area contributed by atoms with E-state index in [1.54, 1.807) is 0 Å². The fourth-order valence-corrected chi connectivity index (χ4v) is 2.52. The molecule has 0 aliphatic carbocycles. The number of hydrogen-bond donors (Lipinski definition) is 0. The van der Waals surface area contributed by atoms with Gasteiger partial charge in [-0.05, 0) is 25.0 Å². The van der Waals surface area contributed by atoms with Crippen LogP contribution in [0.25, 0.3) is 5.69 Å². The first-order valence-electron chi connectivity index (χ1n) is 6.86. The highest BCUT2D eigenvalue weighted by Crippen LogP contribution is 2.34. The number of likely N-dealkylation sites (tertiary alicyclic amines) is 1. The molecule has 0 saturated carbocycles. The lowest BCUT2D eigenvalue weighted by atomic mass is 10.0. The van der Waals surface area contributed by atoms with Gasteiger partial charge in [0.15, 0.2) is 0 Å². The Balaban J connectivity index is 1.83. The van der Waals surface area contributed by atoms with Crippen LogP contribution in [0.4, 0.5) is 13.2 Å². The second-order valence-corrected chi connectivity index (χ2v) is 5.30. The van der Waals surface area contributed by atoms with Crippen LogP contribution in [-0.2, 0) is 0 Å². The lowest BCUT2D eigenvalue weighted by molar-refractivity contribution is -0.199. The number of hydrogen-bond acceptors (Lipinski definition) is 2. The van der Waals surface area contributed by atoms with Crippen molar-refractivity contribution in [1.29, 1.82) is 0 Å². The van der Waals surface area contributed by atoms with Crippen LogP contribution in [-0.4, -0.2) is 39.4 Å². The Kier molecular flexibility index (Phi) is 3.42. The van der Waals surface area contributed by atoms with Crippen LogP contribution in [0.15, 0.2) is 36.7 Å². The lowest BCUT2D eigenvalue weighted by Crippen LogP contribution is -2.58. The SMILES string of the molecule is Cc1ccccc1-n1cc(C(=O)N2CCC2C(F)(F)F)cn1. The van der Waals surface area contributed by atoms with Crippen LogP contribution in [0, 0.1) is 6.92 Å². The molecule has 0 radical (unpaired) electrons. The van der Waals surface area contributed by atoms with Crippen molar-refractivity contribution in [2.24, 2.45) is 0 Å². The highest BCUT2D eigenvalue weighted by atomic mass is 19.4. The van der Waals surface area contributed by atoms with Crippen LogP contribution in [0.5, 0.6) is 0 Å². The Bertz CT molecular complexity index is 708. The van der Waals surface area contributed by atoms with Gasteiger partial charge in [0.25, 0.3) is 5.91 Å². The molecular weight excluding hydrogens is 295 g/mol. The van der Waals surface area contributed by atoms with Crippen molar-refractivity contribution in [3.8, 4) is 5.69 Å². The van der Waals surface area contributed by atoms with Gasteiger partial charge in [-0.25, -0.2) is 4.68 Å². The molecule has 1 amide bonds. The molecule has 1 fully saturated rings. The largest absolute Gasteiger partial charge is 0.408 e. The van der Waals surface area contributed by atoms with Gasteiger partial charge in [-0.15, -0.1) is 0 Å². The summed E-state index contributed by atoms with van der Waals surface area (Å²) in [6.45, 7) is 2.02. The van der Waals surface area contributed by atoms with Gasteiger partial charge in [0.2, 0.25) is 0 Å². The molecule has 1 atom stereocenters. The lowest BCUT2D eigenvalue weighted by Gasteiger charge is -2.41. The Morgan fingerprint density at radius 2 is 2.05 bits per heavy atom. The number of para-hydroxylation sites is 1. The zero-order valence-corrected chi connectivity index (χ0v) is 11.8. The van der Waals surface area contributed by atoms with E-state index in [0.29, 0.717) is 0 Å². The van der Waals surface area contributed by atoms with Crippen LogP contribution in [0.1, 0.15) is 22.3 Å². The molecule has 1 saturated heterocycles. The van der Waals surface area contributed by atoms with E-state index in [0.717, 1.165) is 16.2 Å². The summed E-state index contributed by atoms with van der Waals surface area (Å²) in [6.07, 6.45) is -1.64. The molecule has 0 N–H and O–H groups in total. The second kappa shape index (κ2) is 5.15. The van der Waals surface area contributed by atoms with E-state index in [2.05, 4.69) is 5.10 Å². The Labute approximate surface area is 125 Å². The third-order valence-corrected chi connectivity index (χ3v) is 3.85. The molecule has 7 heteroatoms. The number of carbonyl (C=O) groups excluding carboxylic acids is 1. The summed E-state index contributed by atoms with van der Waals surface area (Å²) >= 11 is 0. The van der Waals surface area contributed by atoms with Crippen LogP contribution in [0.3, 0.4) is 0 Å². The number of benzene rings is 1. The minimum absolute atomic E-state index is 0.0405. The summed E-state index contributed by atoms with van der Waals surface area (Å²) in [5.74, 6) is -0.631. The maximum Gasteiger partial charge on any atom is 0.408 e. The fraction of sp³-hybridized carbons (Fsp3) is 0.333. The number of aromatic nitrogens is 2. The number of aryl methyl sites for hydroxylation is 1. The summed E-state index contributed by atoms with van der Waals surface area (Å²) in [4.78, 5) is 13.0. The maximum atomic E-state index is 12.7. The summed E-state index contributed by atoms with van der Waals surface area (Å²) in [7, 11) is 0. The van der Waals surface area contributed by atoms with E-state index in [1.807, 2.05) is 31.2 Å². The molecule has 0 bridgehead atoms. The summed E-state index contributed by atoms with van der Waals surface area (Å²) in [5.41, 5.74) is 1.91. The number of carbonyl (C=O) groups is 1. The number of halogens is 3. The summed E-state index contributed by atoms with van der Waals surface area (Å²) in [6, 6.07) is 5.76. The van der Waals surface area contributed by atoms with Gasteiger partial charge >= 0.3 is 6.18 Å². The predicted molar refractivity (Wildman–Crippen MR) is 73.8 cm³/mol. The van der Waals surface area contributed by atoms with Crippen molar-refractivity contribution >= 4 is 5.91 Å². The van der Waals surface area contributed by atoms with E-state index >= 15 is 0 Å². The van der Waals surface area contributed by atoms with Gasteiger partial charge in [-0.2, -0.15) is 18.3 Å². The van der Waals surface area contributed by atoms with Gasteiger partial charge < -0.3 is 4.90 Å². The molecule has 1 aromatic heterocycles. The highest BCUT2D eigenvalue weighted by Gasteiger charge is 2.50. The monoisotopic (exact) mass is 309 g/mol. The van der Waals surface area contributed by atoms with Gasteiger partial charge in [0, 0.05) is 12.7 Å². The number of amides is 1. The molecule has 2 heterocycles. The van der Waals surface area contributed by atoms with Crippen molar-refractivity contribution < 1.29 is 18.0 Å². The highest BCUT2D eigenvalue weighted by molar-refractivity contribution is 5.94. The van der Waals surface area contributed by atoms with Crippen LogP contribution >= 0.6 is 0 Å². The van der Waals surface area contributed by atoms with E-state index in [9.17, 15) is 18.0 Å². The number of nitrogens with zero attached hydrogens (tertiary/aromatic N) is 3. The zero-order valence-electron chi connectivity index (χ0n) is 11.8. The van der Waals surface area contributed by atoms with Crippen molar-refractivity contribution in [1.82, 2.24) is 14.7 Å². The van der Waals surface area contributed by atoms with Crippen molar-refractivity contribution in [3.63, 3.8) is 0 Å². The maximum absolute atomic E-state index is 12.7. The zero-order chi connectivity index (χ0) is 15.9. The van der Waals surface area contributed by atoms with E-state index in [4.69, 9.17) is 0 Å². The van der Waals surface area contributed by atoms with Crippen LogP contribution < -0.4 is 0 Å². The normalized spacial score (nSPS) is 18.2. The predicted octanol–water partition coefficient (Wildman–Crippen LogP) is 2.96. The first kappa shape index (κ1) is 14.6. The Morgan fingerprint density at radius 1 is 1.32 bits per heavy atom. The van der Waals surface area contributed by atoms with E-state index < -0.39 is 18.1 Å². The Morgan fingerprint density at radius 3 is 2.64 bits per heavy atom. The Hall–Kier alpha value is -2.31. The minimum Gasteiger partial charge on any atom is -0.326 e. The average molecular weight is 309 g/mol. The van der Waals surface area contributed by atoms with E-state index in [1.165, 1.54) is 17.1 Å². The third-order valence-electron chi connectivity index (χ3n) is 3.85. The van der Waals surface area contributed by atoms with Gasteiger partial charge in [-0.1, -0.05) is 18.2 Å². The molecule has 0 spiro atoms. The molecular formula is C15H14F3N3O.